The first-order valence-electron chi connectivity index (χ1n) is 10.2. The first-order chi connectivity index (χ1) is 14.7. The molecule has 1 aliphatic heterocycles. The van der Waals surface area contributed by atoms with Crippen molar-refractivity contribution in [1.29, 1.82) is 0 Å². The lowest BCUT2D eigenvalue weighted by molar-refractivity contribution is 0.173. The molecule has 10 heteroatoms. The van der Waals surface area contributed by atoms with Gasteiger partial charge in [0, 0.05) is 57.1 Å². The summed E-state index contributed by atoms with van der Waals surface area (Å²) in [4.78, 5) is 15.4. The Morgan fingerprint density at radius 1 is 1.30 bits per heavy atom. The summed E-state index contributed by atoms with van der Waals surface area (Å²) < 4.78 is 6.19. The van der Waals surface area contributed by atoms with Crippen molar-refractivity contribution in [2.75, 3.05) is 39.3 Å². The summed E-state index contributed by atoms with van der Waals surface area (Å²) in [6.45, 7) is 8.47. The monoisotopic (exact) mass is 447 g/mol. The molecule has 30 heavy (non-hydrogen) atoms. The van der Waals surface area contributed by atoms with Crippen molar-refractivity contribution in [2.24, 2.45) is 4.99 Å². The number of nitrogens with zero attached hydrogens (tertiary/aromatic N) is 5. The summed E-state index contributed by atoms with van der Waals surface area (Å²) in [6, 6.07) is 7.76. The molecule has 0 atom stereocenters. The molecule has 0 amide bonds. The van der Waals surface area contributed by atoms with Crippen LogP contribution in [0.25, 0.3) is 11.6 Å². The third-order valence-electron chi connectivity index (χ3n) is 4.90. The maximum absolute atomic E-state index is 6.05. The van der Waals surface area contributed by atoms with Crippen LogP contribution in [0, 0.1) is 0 Å². The van der Waals surface area contributed by atoms with E-state index in [1.807, 2.05) is 18.2 Å². The molecule has 1 fully saturated rings. The SMILES string of the molecule is CCNC(=NCCc1nc(-c2ccco2)n[nH]1)N1CCN(Cc2ccc(Cl)s2)CC1. The number of H-pyrrole nitrogens is 1. The maximum atomic E-state index is 6.05. The van der Waals surface area contributed by atoms with Crippen LogP contribution < -0.4 is 5.32 Å². The predicted octanol–water partition coefficient (Wildman–Crippen LogP) is 3.11. The number of hydrogen-bond donors (Lipinski definition) is 2. The van der Waals surface area contributed by atoms with E-state index in [9.17, 15) is 0 Å². The average Bonchev–Trinajstić information content (AvgIpc) is 3.50. The number of aromatic amines is 1. The van der Waals surface area contributed by atoms with Crippen molar-refractivity contribution in [1.82, 2.24) is 30.3 Å². The van der Waals surface area contributed by atoms with Crippen molar-refractivity contribution in [2.45, 2.75) is 19.9 Å². The Hall–Kier alpha value is -2.36. The lowest BCUT2D eigenvalue weighted by Gasteiger charge is -2.36. The molecule has 0 spiro atoms. The third kappa shape index (κ3) is 5.41. The second-order valence-electron chi connectivity index (χ2n) is 7.04. The Kier molecular flexibility index (Phi) is 7.03. The summed E-state index contributed by atoms with van der Waals surface area (Å²) >= 11 is 7.71. The van der Waals surface area contributed by atoms with Gasteiger partial charge >= 0.3 is 0 Å². The normalized spacial score (nSPS) is 15.7. The summed E-state index contributed by atoms with van der Waals surface area (Å²) in [5, 5.41) is 10.6. The largest absolute Gasteiger partial charge is 0.461 e. The van der Waals surface area contributed by atoms with Gasteiger partial charge in [-0.05, 0) is 31.2 Å². The van der Waals surface area contributed by atoms with Gasteiger partial charge in [0.05, 0.1) is 10.6 Å². The van der Waals surface area contributed by atoms with Gasteiger partial charge in [0.1, 0.15) is 5.82 Å². The molecular formula is C20H26ClN7OS. The zero-order valence-corrected chi connectivity index (χ0v) is 18.5. The highest BCUT2D eigenvalue weighted by Crippen LogP contribution is 2.23. The number of rotatable bonds is 7. The van der Waals surface area contributed by atoms with E-state index in [1.165, 1.54) is 4.88 Å². The highest BCUT2D eigenvalue weighted by Gasteiger charge is 2.20. The van der Waals surface area contributed by atoms with Crippen molar-refractivity contribution in [3.8, 4) is 11.6 Å². The van der Waals surface area contributed by atoms with Crippen LogP contribution in [0.4, 0.5) is 0 Å². The molecule has 0 saturated carbocycles. The third-order valence-corrected chi connectivity index (χ3v) is 6.11. The van der Waals surface area contributed by atoms with Crippen LogP contribution in [0.2, 0.25) is 4.34 Å². The smallest absolute Gasteiger partial charge is 0.216 e. The number of aromatic nitrogens is 3. The number of guanidine groups is 1. The van der Waals surface area contributed by atoms with Gasteiger partial charge in [-0.3, -0.25) is 15.0 Å². The lowest BCUT2D eigenvalue weighted by atomic mass is 10.3. The molecule has 4 heterocycles. The quantitative estimate of drug-likeness (QED) is 0.427. The van der Waals surface area contributed by atoms with Crippen LogP contribution in [0.1, 0.15) is 17.6 Å². The molecular weight excluding hydrogens is 422 g/mol. The molecule has 8 nitrogen and oxygen atoms in total. The summed E-state index contributed by atoms with van der Waals surface area (Å²) in [5.74, 6) is 3.01. The summed E-state index contributed by atoms with van der Waals surface area (Å²) in [5.41, 5.74) is 0. The fraction of sp³-hybridized carbons (Fsp3) is 0.450. The minimum absolute atomic E-state index is 0.578. The van der Waals surface area contributed by atoms with Gasteiger partial charge in [0.2, 0.25) is 5.82 Å². The standard InChI is InChI=1S/C20H26ClN7OS/c1-2-22-20(23-8-7-18-24-19(26-25-18)16-4-3-13-29-16)28-11-9-27(10-12-28)14-15-5-6-17(21)30-15/h3-6,13H,2,7-12,14H2,1H3,(H,22,23)(H,24,25,26). The molecule has 1 aliphatic rings. The number of nitrogens with one attached hydrogen (secondary N) is 2. The van der Waals surface area contributed by atoms with Crippen molar-refractivity contribution >= 4 is 28.9 Å². The zero-order chi connectivity index (χ0) is 20.8. The predicted molar refractivity (Wildman–Crippen MR) is 120 cm³/mol. The van der Waals surface area contributed by atoms with E-state index < -0.39 is 0 Å². The Bertz CT molecular complexity index is 944. The fourth-order valence-corrected chi connectivity index (χ4v) is 4.52. The topological polar surface area (TPSA) is 85.6 Å². The first kappa shape index (κ1) is 20.9. The molecule has 160 valence electrons. The van der Waals surface area contributed by atoms with Crippen LogP contribution in [0.5, 0.6) is 0 Å². The van der Waals surface area contributed by atoms with Crippen LogP contribution in [0.3, 0.4) is 0 Å². The molecule has 0 aromatic carbocycles. The summed E-state index contributed by atoms with van der Waals surface area (Å²) in [7, 11) is 0. The Labute approximate surface area is 185 Å². The van der Waals surface area contributed by atoms with Crippen molar-refractivity contribution < 1.29 is 4.42 Å². The molecule has 4 rings (SSSR count). The van der Waals surface area contributed by atoms with Crippen LogP contribution in [-0.2, 0) is 13.0 Å². The van der Waals surface area contributed by atoms with E-state index in [4.69, 9.17) is 21.0 Å². The average molecular weight is 448 g/mol. The number of furan rings is 1. The van der Waals surface area contributed by atoms with Crippen LogP contribution in [0.15, 0.2) is 39.9 Å². The van der Waals surface area contributed by atoms with E-state index in [0.29, 0.717) is 24.6 Å². The number of halogens is 1. The van der Waals surface area contributed by atoms with Crippen molar-refractivity contribution in [3.63, 3.8) is 0 Å². The molecule has 1 saturated heterocycles. The van der Waals surface area contributed by atoms with Gasteiger partial charge in [-0.25, -0.2) is 4.98 Å². The van der Waals surface area contributed by atoms with E-state index >= 15 is 0 Å². The first-order valence-corrected chi connectivity index (χ1v) is 11.4. The zero-order valence-electron chi connectivity index (χ0n) is 17.0. The van der Waals surface area contributed by atoms with Gasteiger partial charge in [-0.15, -0.1) is 11.3 Å². The van der Waals surface area contributed by atoms with E-state index in [2.05, 4.69) is 43.3 Å². The second-order valence-corrected chi connectivity index (χ2v) is 8.84. The Balaban J connectivity index is 1.28. The summed E-state index contributed by atoms with van der Waals surface area (Å²) in [6.07, 6.45) is 2.31. The Morgan fingerprint density at radius 3 is 2.87 bits per heavy atom. The van der Waals surface area contributed by atoms with Crippen molar-refractivity contribution in [3.05, 3.63) is 45.6 Å². The molecule has 0 radical (unpaired) electrons. The van der Waals surface area contributed by atoms with E-state index in [-0.39, 0.29) is 0 Å². The highest BCUT2D eigenvalue weighted by molar-refractivity contribution is 7.16. The molecule has 3 aromatic heterocycles. The number of hydrogen-bond acceptors (Lipinski definition) is 6. The second kappa shape index (κ2) is 10.1. The highest BCUT2D eigenvalue weighted by atomic mass is 35.5. The lowest BCUT2D eigenvalue weighted by Crippen LogP contribution is -2.52. The number of thiophene rings is 1. The van der Waals surface area contributed by atoms with E-state index in [0.717, 1.165) is 55.4 Å². The van der Waals surface area contributed by atoms with Gasteiger partial charge < -0.3 is 14.6 Å². The molecule has 0 unspecified atom stereocenters. The molecule has 3 aromatic rings. The minimum Gasteiger partial charge on any atom is -0.461 e. The van der Waals surface area contributed by atoms with Crippen LogP contribution in [-0.4, -0.2) is 70.2 Å². The van der Waals surface area contributed by atoms with Gasteiger partial charge in [-0.1, -0.05) is 11.6 Å². The Morgan fingerprint density at radius 2 is 2.17 bits per heavy atom. The van der Waals surface area contributed by atoms with Gasteiger partial charge in [-0.2, -0.15) is 5.10 Å². The number of piperazine rings is 1. The van der Waals surface area contributed by atoms with E-state index in [1.54, 1.807) is 17.6 Å². The number of aliphatic imine (C=N–C) groups is 1. The molecule has 2 N–H and O–H groups in total. The van der Waals surface area contributed by atoms with Crippen LogP contribution >= 0.6 is 22.9 Å². The van der Waals surface area contributed by atoms with Gasteiger partial charge in [0.15, 0.2) is 11.7 Å². The molecule has 0 bridgehead atoms. The minimum atomic E-state index is 0.578. The fourth-order valence-electron chi connectivity index (χ4n) is 3.39. The maximum Gasteiger partial charge on any atom is 0.216 e. The molecule has 0 aliphatic carbocycles. The van der Waals surface area contributed by atoms with Gasteiger partial charge in [0.25, 0.3) is 0 Å².